The number of aromatic nitrogens is 3. The van der Waals surface area contributed by atoms with Crippen LogP contribution >= 0.6 is 0 Å². The van der Waals surface area contributed by atoms with Crippen LogP contribution in [0.2, 0.25) is 0 Å². The highest BCUT2D eigenvalue weighted by molar-refractivity contribution is 5.86. The van der Waals surface area contributed by atoms with Crippen molar-refractivity contribution >= 4 is 11.0 Å². The number of hydrogen-bond acceptors (Lipinski definition) is 4. The van der Waals surface area contributed by atoms with Crippen molar-refractivity contribution in [1.82, 2.24) is 14.8 Å². The van der Waals surface area contributed by atoms with Gasteiger partial charge in [-0.2, -0.15) is 5.10 Å². The quantitative estimate of drug-likeness (QED) is 0.494. The van der Waals surface area contributed by atoms with E-state index in [2.05, 4.69) is 10.1 Å². The number of aromatic amines is 1. The minimum atomic E-state index is -0.937. The molecule has 0 amide bonds. The smallest absolute Gasteiger partial charge is 0.235 e. The predicted molar refractivity (Wildman–Crippen MR) is 111 cm³/mol. The van der Waals surface area contributed by atoms with Gasteiger partial charge in [-0.25, -0.2) is 17.9 Å². The van der Waals surface area contributed by atoms with E-state index in [1.54, 1.807) is 0 Å². The van der Waals surface area contributed by atoms with E-state index in [0.717, 1.165) is 12.1 Å². The Labute approximate surface area is 179 Å². The summed E-state index contributed by atoms with van der Waals surface area (Å²) in [6, 6.07) is 8.69. The fourth-order valence-corrected chi connectivity index (χ4v) is 4.13. The lowest BCUT2D eigenvalue weighted by atomic mass is 9.94. The van der Waals surface area contributed by atoms with Gasteiger partial charge < -0.3 is 14.8 Å². The molecule has 0 aliphatic carbocycles. The van der Waals surface area contributed by atoms with E-state index in [4.69, 9.17) is 4.74 Å². The summed E-state index contributed by atoms with van der Waals surface area (Å²) >= 11 is 0. The van der Waals surface area contributed by atoms with Gasteiger partial charge in [-0.15, -0.1) is 0 Å². The Morgan fingerprint density at radius 3 is 2.34 bits per heavy atom. The zero-order chi connectivity index (χ0) is 22.4. The van der Waals surface area contributed by atoms with E-state index >= 15 is 0 Å². The van der Waals surface area contributed by atoms with Crippen molar-refractivity contribution in [3.05, 3.63) is 75.8 Å². The summed E-state index contributed by atoms with van der Waals surface area (Å²) in [6.45, 7) is 0.996. The van der Waals surface area contributed by atoms with Gasteiger partial charge in [0.1, 0.15) is 23.1 Å². The summed E-state index contributed by atoms with van der Waals surface area (Å²) in [4.78, 5) is 16.1. The summed E-state index contributed by atoms with van der Waals surface area (Å²) in [7, 11) is 0. The highest BCUT2D eigenvalue weighted by atomic mass is 19.1. The molecule has 1 saturated heterocycles. The largest absolute Gasteiger partial charge is 0.503 e. The normalized spacial score (nSPS) is 14.8. The molecule has 0 unspecified atom stereocenters. The standard InChI is InChI=1S/C23H18F3N3O3/c24-13-4-6-14(7-5-13)29-23-18(19(28-29)12-8-10-32-11-9-12)21(30)22(31)20(27-23)17-15(25)2-1-3-16(17)26/h1-7,12,31H,8-11H2,(H,27,30). The number of nitrogens with one attached hydrogen (secondary N) is 1. The Kier molecular flexibility index (Phi) is 4.97. The van der Waals surface area contributed by atoms with Crippen LogP contribution in [0.5, 0.6) is 5.75 Å². The van der Waals surface area contributed by atoms with Crippen LogP contribution in [0.25, 0.3) is 28.0 Å². The first kappa shape index (κ1) is 20.3. The Bertz CT molecular complexity index is 1350. The van der Waals surface area contributed by atoms with Crippen LogP contribution in [-0.4, -0.2) is 33.1 Å². The monoisotopic (exact) mass is 441 g/mol. The van der Waals surface area contributed by atoms with E-state index in [1.165, 1.54) is 35.0 Å². The maximum atomic E-state index is 14.5. The summed E-state index contributed by atoms with van der Waals surface area (Å²) in [6.07, 6.45) is 1.25. The second kappa shape index (κ2) is 7.83. The third kappa shape index (κ3) is 3.25. The first-order valence-corrected chi connectivity index (χ1v) is 10.1. The summed E-state index contributed by atoms with van der Waals surface area (Å²) in [5, 5.41) is 15.4. The van der Waals surface area contributed by atoms with Crippen LogP contribution in [-0.2, 0) is 4.74 Å². The lowest BCUT2D eigenvalue weighted by Crippen LogP contribution is -2.16. The van der Waals surface area contributed by atoms with Crippen LogP contribution < -0.4 is 5.43 Å². The Hall–Kier alpha value is -3.59. The SMILES string of the molecule is O=c1c(O)c(-c2c(F)cccc2F)[nH]c2c1c(C1CCOCC1)nn2-c1ccc(F)cc1. The third-order valence-electron chi connectivity index (χ3n) is 5.73. The van der Waals surface area contributed by atoms with Gasteiger partial charge in [0.2, 0.25) is 5.43 Å². The second-order valence-corrected chi connectivity index (χ2v) is 7.66. The minimum Gasteiger partial charge on any atom is -0.503 e. The molecule has 0 spiro atoms. The summed E-state index contributed by atoms with van der Waals surface area (Å²) in [5.41, 5.74) is -0.686. The molecule has 4 aromatic rings. The summed E-state index contributed by atoms with van der Waals surface area (Å²) < 4.78 is 49.2. The number of rotatable bonds is 3. The highest BCUT2D eigenvalue weighted by Crippen LogP contribution is 2.36. The van der Waals surface area contributed by atoms with Gasteiger partial charge in [0.25, 0.3) is 0 Å². The van der Waals surface area contributed by atoms with Crippen molar-refractivity contribution in [1.29, 1.82) is 0 Å². The maximum Gasteiger partial charge on any atom is 0.235 e. The van der Waals surface area contributed by atoms with Gasteiger partial charge in [-0.1, -0.05) is 6.07 Å². The van der Waals surface area contributed by atoms with Crippen LogP contribution in [0.1, 0.15) is 24.5 Å². The molecule has 0 atom stereocenters. The predicted octanol–water partition coefficient (Wildman–Crippen LogP) is 4.40. The molecule has 9 heteroatoms. The number of aromatic hydroxyl groups is 1. The van der Waals surface area contributed by atoms with Crippen LogP contribution in [0.15, 0.2) is 47.3 Å². The van der Waals surface area contributed by atoms with E-state index in [-0.39, 0.29) is 22.6 Å². The molecule has 2 N–H and O–H groups in total. The minimum absolute atomic E-state index is 0.107. The maximum absolute atomic E-state index is 14.5. The van der Waals surface area contributed by atoms with E-state index < -0.39 is 34.2 Å². The summed E-state index contributed by atoms with van der Waals surface area (Å²) in [5.74, 6) is -3.23. The molecule has 3 heterocycles. The number of ether oxygens (including phenoxy) is 1. The highest BCUT2D eigenvalue weighted by Gasteiger charge is 2.28. The van der Waals surface area contributed by atoms with Gasteiger partial charge in [-0.05, 0) is 49.2 Å². The molecular formula is C23H18F3N3O3. The number of nitrogens with zero attached hydrogens (tertiary/aromatic N) is 2. The van der Waals surface area contributed by atoms with Crippen LogP contribution in [0, 0.1) is 17.5 Å². The topological polar surface area (TPSA) is 80.1 Å². The molecule has 2 aromatic carbocycles. The number of hydrogen-bond donors (Lipinski definition) is 2. The van der Waals surface area contributed by atoms with Crippen LogP contribution in [0.4, 0.5) is 13.2 Å². The average Bonchev–Trinajstić information content (AvgIpc) is 3.17. The molecular weight excluding hydrogens is 423 g/mol. The molecule has 32 heavy (non-hydrogen) atoms. The molecule has 5 rings (SSSR count). The van der Waals surface area contributed by atoms with Gasteiger partial charge in [0, 0.05) is 19.1 Å². The van der Waals surface area contributed by atoms with E-state index in [9.17, 15) is 23.1 Å². The third-order valence-corrected chi connectivity index (χ3v) is 5.73. The lowest BCUT2D eigenvalue weighted by Gasteiger charge is -2.20. The van der Waals surface area contributed by atoms with Crippen molar-refractivity contribution < 1.29 is 23.0 Å². The van der Waals surface area contributed by atoms with Gasteiger partial charge >= 0.3 is 0 Å². The fourth-order valence-electron chi connectivity index (χ4n) is 4.13. The molecule has 0 bridgehead atoms. The van der Waals surface area contributed by atoms with Crippen molar-refractivity contribution in [3.63, 3.8) is 0 Å². The van der Waals surface area contributed by atoms with E-state index in [1.807, 2.05) is 0 Å². The number of benzene rings is 2. The van der Waals surface area contributed by atoms with Gasteiger partial charge in [-0.3, -0.25) is 4.79 Å². The second-order valence-electron chi connectivity index (χ2n) is 7.66. The molecule has 6 nitrogen and oxygen atoms in total. The first-order valence-electron chi connectivity index (χ1n) is 10.1. The fraction of sp³-hybridized carbons (Fsp3) is 0.217. The van der Waals surface area contributed by atoms with E-state index in [0.29, 0.717) is 37.4 Å². The number of H-pyrrole nitrogens is 1. The van der Waals surface area contributed by atoms with Gasteiger partial charge in [0.05, 0.1) is 28.0 Å². The van der Waals surface area contributed by atoms with Crippen molar-refractivity contribution in [2.75, 3.05) is 13.2 Å². The molecule has 164 valence electrons. The Morgan fingerprint density at radius 2 is 1.69 bits per heavy atom. The van der Waals surface area contributed by atoms with Gasteiger partial charge in [0.15, 0.2) is 5.75 Å². The van der Waals surface area contributed by atoms with Crippen molar-refractivity contribution in [2.24, 2.45) is 0 Å². The molecule has 1 fully saturated rings. The number of pyridine rings is 1. The zero-order valence-corrected chi connectivity index (χ0v) is 16.7. The number of fused-ring (bicyclic) bond motifs is 1. The van der Waals surface area contributed by atoms with Crippen molar-refractivity contribution in [2.45, 2.75) is 18.8 Å². The Morgan fingerprint density at radius 1 is 1.03 bits per heavy atom. The molecule has 0 saturated carbocycles. The molecule has 0 radical (unpaired) electrons. The molecule has 1 aliphatic heterocycles. The molecule has 2 aromatic heterocycles. The first-order chi connectivity index (χ1) is 15.5. The zero-order valence-electron chi connectivity index (χ0n) is 16.7. The van der Waals surface area contributed by atoms with Crippen molar-refractivity contribution in [3.8, 4) is 22.7 Å². The van der Waals surface area contributed by atoms with Crippen LogP contribution in [0.3, 0.4) is 0 Å². The lowest BCUT2D eigenvalue weighted by molar-refractivity contribution is 0.0847. The Balaban J connectivity index is 1.84. The molecule has 1 aliphatic rings. The average molecular weight is 441 g/mol. The number of halogens is 3.